The smallest absolute Gasteiger partial charge is 0.271 e. The van der Waals surface area contributed by atoms with E-state index in [9.17, 15) is 14.9 Å². The molecule has 0 bridgehead atoms. The van der Waals surface area contributed by atoms with E-state index >= 15 is 0 Å². The van der Waals surface area contributed by atoms with Gasteiger partial charge in [0.25, 0.3) is 11.6 Å². The van der Waals surface area contributed by atoms with Crippen LogP contribution in [0.4, 0.5) is 11.4 Å². The van der Waals surface area contributed by atoms with Gasteiger partial charge in [0.15, 0.2) is 0 Å². The fourth-order valence-corrected chi connectivity index (χ4v) is 3.64. The number of nitro benzene ring substituents is 1. The van der Waals surface area contributed by atoms with E-state index in [1.54, 1.807) is 6.21 Å². The average molecular weight is 380 g/mol. The molecule has 0 aliphatic carbocycles. The van der Waals surface area contributed by atoms with Gasteiger partial charge in [0.05, 0.1) is 11.1 Å². The second-order valence-corrected chi connectivity index (χ2v) is 7.80. The molecule has 0 spiro atoms. The Morgan fingerprint density at radius 2 is 1.96 bits per heavy atom. The average Bonchev–Trinajstić information content (AvgIpc) is 2.66. The van der Waals surface area contributed by atoms with Crippen molar-refractivity contribution in [2.45, 2.75) is 38.6 Å². The molecule has 0 aromatic heterocycles. The Balaban J connectivity index is 1.70. The van der Waals surface area contributed by atoms with E-state index in [-0.39, 0.29) is 11.2 Å². The van der Waals surface area contributed by atoms with Crippen LogP contribution in [-0.2, 0) is 0 Å². The number of nitro groups is 1. The lowest BCUT2D eigenvalue weighted by atomic mass is 9.80. The first-order chi connectivity index (χ1) is 13.2. The van der Waals surface area contributed by atoms with Gasteiger partial charge in [-0.15, -0.1) is 0 Å². The molecule has 1 aliphatic rings. The van der Waals surface area contributed by atoms with Gasteiger partial charge in [-0.1, -0.05) is 13.0 Å². The van der Waals surface area contributed by atoms with Gasteiger partial charge in [-0.2, -0.15) is 5.10 Å². The van der Waals surface area contributed by atoms with Gasteiger partial charge in [0, 0.05) is 36.0 Å². The summed E-state index contributed by atoms with van der Waals surface area (Å²) in [5.74, 6) is 0.0169. The second-order valence-electron chi connectivity index (χ2n) is 7.80. The number of hydrazone groups is 1. The molecule has 1 N–H and O–H groups in total. The van der Waals surface area contributed by atoms with E-state index in [0.717, 1.165) is 12.0 Å². The number of rotatable bonds is 4. The third kappa shape index (κ3) is 3.88. The normalized spacial score (nSPS) is 18.0. The van der Waals surface area contributed by atoms with Crippen LogP contribution in [0.25, 0.3) is 0 Å². The van der Waals surface area contributed by atoms with Gasteiger partial charge in [-0.25, -0.2) is 5.43 Å². The summed E-state index contributed by atoms with van der Waals surface area (Å²) in [5, 5.41) is 14.7. The lowest BCUT2D eigenvalue weighted by molar-refractivity contribution is -0.384. The Morgan fingerprint density at radius 1 is 1.29 bits per heavy atom. The predicted octanol–water partition coefficient (Wildman–Crippen LogP) is 4.08. The lowest BCUT2D eigenvalue weighted by Gasteiger charge is -2.45. The van der Waals surface area contributed by atoms with Crippen LogP contribution in [0.2, 0.25) is 0 Å². The number of hydrogen-bond donors (Lipinski definition) is 1. The maximum Gasteiger partial charge on any atom is 0.271 e. The molecule has 1 amide bonds. The van der Waals surface area contributed by atoms with Crippen molar-refractivity contribution in [3.63, 3.8) is 0 Å². The quantitative estimate of drug-likeness (QED) is 0.492. The van der Waals surface area contributed by atoms with Crippen molar-refractivity contribution in [2.75, 3.05) is 11.9 Å². The summed E-state index contributed by atoms with van der Waals surface area (Å²) in [6, 6.07) is 11.6. The fraction of sp³-hybridized carbons (Fsp3) is 0.333. The Hall–Kier alpha value is -3.22. The number of nitrogens with zero attached hydrogens (tertiary/aromatic N) is 3. The van der Waals surface area contributed by atoms with Crippen LogP contribution in [0, 0.1) is 10.1 Å². The third-order valence-electron chi connectivity index (χ3n) is 5.38. The molecule has 0 unspecified atom stereocenters. The molecule has 0 saturated carbocycles. The number of nitrogens with one attached hydrogen (secondary N) is 1. The molecule has 146 valence electrons. The summed E-state index contributed by atoms with van der Waals surface area (Å²) in [4.78, 5) is 24.6. The van der Waals surface area contributed by atoms with E-state index in [4.69, 9.17) is 0 Å². The maximum atomic E-state index is 12.1. The highest BCUT2D eigenvalue weighted by atomic mass is 16.6. The molecule has 0 radical (unpaired) electrons. The maximum absolute atomic E-state index is 12.1. The van der Waals surface area contributed by atoms with Crippen molar-refractivity contribution in [2.24, 2.45) is 5.10 Å². The molecule has 0 fully saturated rings. The van der Waals surface area contributed by atoms with E-state index in [1.165, 1.54) is 35.5 Å². The van der Waals surface area contributed by atoms with Crippen molar-refractivity contribution in [1.82, 2.24) is 5.43 Å². The first-order valence-corrected chi connectivity index (χ1v) is 9.15. The van der Waals surface area contributed by atoms with Crippen LogP contribution < -0.4 is 10.3 Å². The molecular formula is C21H24N4O3. The molecule has 3 rings (SSSR count). The standard InChI is InChI=1S/C21H24N4O3/c1-14-12-21(2,3)24(4)19-10-5-15(11-18(14)19)13-22-23-20(26)16-6-8-17(9-7-16)25(27)28/h5-11,13-14H,12H2,1-4H3,(H,23,26)/b22-13-/t14-/m0/s1. The summed E-state index contributed by atoms with van der Waals surface area (Å²) >= 11 is 0. The number of amides is 1. The van der Waals surface area contributed by atoms with Crippen LogP contribution in [0.1, 0.15) is 54.6 Å². The largest absolute Gasteiger partial charge is 0.369 e. The third-order valence-corrected chi connectivity index (χ3v) is 5.38. The minimum absolute atomic E-state index is 0.0589. The van der Waals surface area contributed by atoms with E-state index in [0.29, 0.717) is 11.5 Å². The molecule has 28 heavy (non-hydrogen) atoms. The highest BCUT2D eigenvalue weighted by Gasteiger charge is 2.33. The number of non-ortho nitro benzene ring substituents is 1. The molecule has 0 saturated heterocycles. The minimum atomic E-state index is -0.504. The minimum Gasteiger partial charge on any atom is -0.369 e. The van der Waals surface area contributed by atoms with Crippen LogP contribution in [0.5, 0.6) is 0 Å². The number of benzene rings is 2. The number of anilines is 1. The summed E-state index contributed by atoms with van der Waals surface area (Å²) < 4.78 is 0. The fourth-order valence-electron chi connectivity index (χ4n) is 3.64. The Morgan fingerprint density at radius 3 is 2.61 bits per heavy atom. The van der Waals surface area contributed by atoms with Crippen molar-refractivity contribution < 1.29 is 9.72 Å². The molecule has 1 heterocycles. The first kappa shape index (κ1) is 19.5. The second kappa shape index (κ2) is 7.42. The van der Waals surface area contributed by atoms with Crippen LogP contribution in [-0.4, -0.2) is 29.6 Å². The van der Waals surface area contributed by atoms with Gasteiger partial charge in [-0.05, 0) is 61.6 Å². The molecule has 2 aromatic carbocycles. The molecule has 2 aromatic rings. The summed E-state index contributed by atoms with van der Waals surface area (Å²) in [6.45, 7) is 6.72. The zero-order valence-electron chi connectivity index (χ0n) is 16.5. The van der Waals surface area contributed by atoms with Gasteiger partial charge >= 0.3 is 0 Å². The summed E-state index contributed by atoms with van der Waals surface area (Å²) in [6.07, 6.45) is 2.67. The van der Waals surface area contributed by atoms with Crippen molar-refractivity contribution >= 4 is 23.5 Å². The number of hydrogen-bond acceptors (Lipinski definition) is 5. The van der Waals surface area contributed by atoms with Crippen LogP contribution >= 0.6 is 0 Å². The van der Waals surface area contributed by atoms with Crippen molar-refractivity contribution in [3.8, 4) is 0 Å². The topological polar surface area (TPSA) is 87.8 Å². The first-order valence-electron chi connectivity index (χ1n) is 9.15. The SMILES string of the molecule is C[C@H]1CC(C)(C)N(C)c2ccc(/C=N\NC(=O)c3ccc([N+](=O)[O-])cc3)cc21. The van der Waals surface area contributed by atoms with Crippen molar-refractivity contribution in [3.05, 3.63) is 69.3 Å². The Kier molecular flexibility index (Phi) is 5.18. The van der Waals surface area contributed by atoms with E-state index in [1.807, 2.05) is 6.07 Å². The molecule has 7 nitrogen and oxygen atoms in total. The lowest BCUT2D eigenvalue weighted by Crippen LogP contribution is -2.45. The van der Waals surface area contributed by atoms with Crippen LogP contribution in [0.15, 0.2) is 47.6 Å². The molecule has 1 atom stereocenters. The Bertz CT molecular complexity index is 935. The van der Waals surface area contributed by atoms with Gasteiger partial charge in [-0.3, -0.25) is 14.9 Å². The van der Waals surface area contributed by atoms with E-state index in [2.05, 4.69) is 55.4 Å². The highest BCUT2D eigenvalue weighted by molar-refractivity contribution is 5.95. The highest BCUT2D eigenvalue weighted by Crippen LogP contribution is 2.42. The number of fused-ring (bicyclic) bond motifs is 1. The number of carbonyl (C=O) groups is 1. The van der Waals surface area contributed by atoms with Crippen LogP contribution in [0.3, 0.4) is 0 Å². The summed E-state index contributed by atoms with van der Waals surface area (Å²) in [5.41, 5.74) is 6.22. The molecular weight excluding hydrogens is 356 g/mol. The van der Waals surface area contributed by atoms with E-state index < -0.39 is 10.8 Å². The Labute approximate surface area is 164 Å². The summed E-state index contributed by atoms with van der Waals surface area (Å²) in [7, 11) is 2.11. The monoisotopic (exact) mass is 380 g/mol. The zero-order chi connectivity index (χ0) is 20.5. The predicted molar refractivity (Wildman–Crippen MR) is 110 cm³/mol. The number of carbonyl (C=O) groups excluding carboxylic acids is 1. The molecule has 1 aliphatic heterocycles. The van der Waals surface area contributed by atoms with Gasteiger partial charge in [0.2, 0.25) is 0 Å². The zero-order valence-corrected chi connectivity index (χ0v) is 16.5. The van der Waals surface area contributed by atoms with Gasteiger partial charge in [0.1, 0.15) is 0 Å². The molecule has 7 heteroatoms. The van der Waals surface area contributed by atoms with Crippen molar-refractivity contribution in [1.29, 1.82) is 0 Å². The van der Waals surface area contributed by atoms with Gasteiger partial charge < -0.3 is 4.90 Å².